The molecule has 1 aromatic heterocycles. The van der Waals surface area contributed by atoms with Crippen LogP contribution in [0.15, 0.2) is 36.5 Å². The summed E-state index contributed by atoms with van der Waals surface area (Å²) >= 11 is 0. The first-order valence-electron chi connectivity index (χ1n) is 8.17. The highest BCUT2D eigenvalue weighted by Crippen LogP contribution is 2.27. The third-order valence-electron chi connectivity index (χ3n) is 4.43. The van der Waals surface area contributed by atoms with E-state index in [0.29, 0.717) is 0 Å². The van der Waals surface area contributed by atoms with Gasteiger partial charge in [-0.05, 0) is 31.4 Å². The number of imidazole rings is 1. The van der Waals surface area contributed by atoms with Gasteiger partial charge in [0, 0.05) is 18.4 Å². The fraction of sp³-hybridized carbons (Fsp3) is 0.500. The lowest BCUT2D eigenvalue weighted by Crippen LogP contribution is -2.11. The van der Waals surface area contributed by atoms with Gasteiger partial charge in [-0.3, -0.25) is 0 Å². The highest BCUT2D eigenvalue weighted by Gasteiger charge is 2.14. The maximum absolute atomic E-state index is 4.62. The molecule has 1 aliphatic rings. The van der Waals surface area contributed by atoms with Gasteiger partial charge in [0.05, 0.1) is 5.69 Å². The van der Waals surface area contributed by atoms with Crippen molar-refractivity contribution in [2.45, 2.75) is 52.0 Å². The number of hydrogen-bond donors (Lipinski definition) is 1. The van der Waals surface area contributed by atoms with Gasteiger partial charge in [-0.1, -0.05) is 50.3 Å². The van der Waals surface area contributed by atoms with E-state index in [9.17, 15) is 0 Å². The SMILES string of the molecule is Cc1cn(CCC2CCCCC2)c(Nc2ccccc2)n1. The maximum Gasteiger partial charge on any atom is 0.207 e. The smallest absolute Gasteiger partial charge is 0.207 e. The fourth-order valence-corrected chi connectivity index (χ4v) is 3.27. The normalized spacial score (nSPS) is 16.0. The second kappa shape index (κ2) is 6.79. The molecule has 21 heavy (non-hydrogen) atoms. The first-order valence-corrected chi connectivity index (χ1v) is 8.17. The molecule has 0 radical (unpaired) electrons. The van der Waals surface area contributed by atoms with Gasteiger partial charge in [0.15, 0.2) is 0 Å². The molecule has 0 spiro atoms. The van der Waals surface area contributed by atoms with E-state index in [2.05, 4.69) is 40.1 Å². The third-order valence-corrected chi connectivity index (χ3v) is 4.43. The predicted octanol–water partition coefficient (Wildman–Crippen LogP) is 4.91. The Hall–Kier alpha value is -1.77. The van der Waals surface area contributed by atoms with Crippen LogP contribution in [0.1, 0.15) is 44.2 Å². The van der Waals surface area contributed by atoms with Crippen LogP contribution < -0.4 is 5.32 Å². The van der Waals surface area contributed by atoms with Gasteiger partial charge in [0.1, 0.15) is 0 Å². The van der Waals surface area contributed by atoms with Crippen molar-refractivity contribution in [1.82, 2.24) is 9.55 Å². The zero-order valence-corrected chi connectivity index (χ0v) is 12.9. The monoisotopic (exact) mass is 283 g/mol. The summed E-state index contributed by atoms with van der Waals surface area (Å²) in [4.78, 5) is 4.62. The summed E-state index contributed by atoms with van der Waals surface area (Å²) in [6.07, 6.45) is 10.5. The number of nitrogens with zero attached hydrogens (tertiary/aromatic N) is 2. The molecule has 1 heterocycles. The van der Waals surface area contributed by atoms with Crippen LogP contribution in [-0.4, -0.2) is 9.55 Å². The van der Waals surface area contributed by atoms with Crippen molar-refractivity contribution in [3.05, 3.63) is 42.2 Å². The van der Waals surface area contributed by atoms with Gasteiger partial charge in [0.2, 0.25) is 5.95 Å². The number of rotatable bonds is 5. The first kappa shape index (κ1) is 14.2. The van der Waals surface area contributed by atoms with Crippen molar-refractivity contribution in [3.63, 3.8) is 0 Å². The molecule has 1 aliphatic carbocycles. The summed E-state index contributed by atoms with van der Waals surface area (Å²) in [5.74, 6) is 1.88. The highest BCUT2D eigenvalue weighted by atomic mass is 15.2. The molecule has 0 saturated heterocycles. The molecule has 1 fully saturated rings. The van der Waals surface area contributed by atoms with Crippen molar-refractivity contribution in [2.24, 2.45) is 5.92 Å². The zero-order valence-electron chi connectivity index (χ0n) is 12.9. The molecule has 0 bridgehead atoms. The van der Waals surface area contributed by atoms with E-state index in [1.807, 2.05) is 18.2 Å². The van der Waals surface area contributed by atoms with Gasteiger partial charge < -0.3 is 9.88 Å². The maximum atomic E-state index is 4.62. The second-order valence-corrected chi connectivity index (χ2v) is 6.18. The van der Waals surface area contributed by atoms with Gasteiger partial charge in [-0.15, -0.1) is 0 Å². The van der Waals surface area contributed by atoms with E-state index in [0.717, 1.165) is 29.8 Å². The van der Waals surface area contributed by atoms with Gasteiger partial charge >= 0.3 is 0 Å². The number of para-hydroxylation sites is 1. The molecule has 3 nitrogen and oxygen atoms in total. The lowest BCUT2D eigenvalue weighted by Gasteiger charge is -2.22. The van der Waals surface area contributed by atoms with E-state index >= 15 is 0 Å². The lowest BCUT2D eigenvalue weighted by molar-refractivity contribution is 0.324. The third kappa shape index (κ3) is 3.87. The molecule has 1 aromatic carbocycles. The standard InChI is InChI=1S/C18H25N3/c1-15-14-21(13-12-16-8-4-2-5-9-16)18(19-15)20-17-10-6-3-7-11-17/h3,6-7,10-11,14,16H,2,4-5,8-9,12-13H2,1H3,(H,19,20). The van der Waals surface area contributed by atoms with Crippen molar-refractivity contribution in [2.75, 3.05) is 5.32 Å². The molecule has 0 amide bonds. The zero-order chi connectivity index (χ0) is 14.5. The van der Waals surface area contributed by atoms with Gasteiger partial charge in [0.25, 0.3) is 0 Å². The van der Waals surface area contributed by atoms with Crippen LogP contribution in [0.2, 0.25) is 0 Å². The Morgan fingerprint density at radius 2 is 1.90 bits per heavy atom. The van der Waals surface area contributed by atoms with Crippen LogP contribution >= 0.6 is 0 Å². The molecule has 3 heteroatoms. The molecule has 112 valence electrons. The number of hydrogen-bond acceptors (Lipinski definition) is 2. The Balaban J connectivity index is 1.64. The lowest BCUT2D eigenvalue weighted by atomic mass is 9.87. The van der Waals surface area contributed by atoms with Crippen molar-refractivity contribution in [3.8, 4) is 0 Å². The number of anilines is 2. The van der Waals surface area contributed by atoms with Crippen molar-refractivity contribution < 1.29 is 0 Å². The van der Waals surface area contributed by atoms with Crippen molar-refractivity contribution in [1.29, 1.82) is 0 Å². The molecule has 0 unspecified atom stereocenters. The van der Waals surface area contributed by atoms with Crippen LogP contribution in [-0.2, 0) is 6.54 Å². The van der Waals surface area contributed by atoms with Crippen LogP contribution in [0.4, 0.5) is 11.6 Å². The number of benzene rings is 1. The van der Waals surface area contributed by atoms with Crippen LogP contribution in [0.3, 0.4) is 0 Å². The molecule has 1 N–H and O–H groups in total. The highest BCUT2D eigenvalue weighted by molar-refractivity contribution is 5.53. The largest absolute Gasteiger partial charge is 0.326 e. The van der Waals surface area contributed by atoms with E-state index in [-0.39, 0.29) is 0 Å². The summed E-state index contributed by atoms with van der Waals surface area (Å²) in [6.45, 7) is 3.13. The minimum absolute atomic E-state index is 0.908. The minimum Gasteiger partial charge on any atom is -0.326 e. The fourth-order valence-electron chi connectivity index (χ4n) is 3.27. The van der Waals surface area contributed by atoms with E-state index < -0.39 is 0 Å². The summed E-state index contributed by atoms with van der Waals surface area (Å²) in [7, 11) is 0. The topological polar surface area (TPSA) is 29.9 Å². The van der Waals surface area contributed by atoms with E-state index in [1.165, 1.54) is 38.5 Å². The molecule has 1 saturated carbocycles. The molecular weight excluding hydrogens is 258 g/mol. The summed E-state index contributed by atoms with van der Waals surface area (Å²) in [5.41, 5.74) is 2.18. The number of aryl methyl sites for hydroxylation is 2. The Labute approximate surface area is 127 Å². The average molecular weight is 283 g/mol. The molecular formula is C18H25N3. The summed E-state index contributed by atoms with van der Waals surface area (Å²) in [6, 6.07) is 10.3. The summed E-state index contributed by atoms with van der Waals surface area (Å²) in [5, 5.41) is 3.43. The molecule has 3 rings (SSSR count). The Morgan fingerprint density at radius 1 is 1.14 bits per heavy atom. The second-order valence-electron chi connectivity index (χ2n) is 6.18. The van der Waals surface area contributed by atoms with E-state index in [4.69, 9.17) is 0 Å². The summed E-state index contributed by atoms with van der Waals surface area (Å²) < 4.78 is 2.27. The molecule has 0 atom stereocenters. The van der Waals surface area contributed by atoms with Gasteiger partial charge in [-0.25, -0.2) is 4.98 Å². The average Bonchev–Trinajstić information content (AvgIpc) is 2.87. The number of nitrogens with one attached hydrogen (secondary N) is 1. The Morgan fingerprint density at radius 3 is 2.67 bits per heavy atom. The van der Waals surface area contributed by atoms with E-state index in [1.54, 1.807) is 0 Å². The van der Waals surface area contributed by atoms with Crippen molar-refractivity contribution >= 4 is 11.6 Å². The van der Waals surface area contributed by atoms with Crippen LogP contribution in [0.25, 0.3) is 0 Å². The van der Waals surface area contributed by atoms with Crippen LogP contribution in [0, 0.1) is 12.8 Å². The molecule has 0 aliphatic heterocycles. The van der Waals surface area contributed by atoms with Gasteiger partial charge in [-0.2, -0.15) is 0 Å². The Kier molecular flexibility index (Phi) is 4.59. The number of aromatic nitrogens is 2. The van der Waals surface area contributed by atoms with Crippen LogP contribution in [0.5, 0.6) is 0 Å². The first-order chi connectivity index (χ1) is 10.3. The predicted molar refractivity (Wildman–Crippen MR) is 87.9 cm³/mol. The Bertz CT molecular complexity index is 553. The quantitative estimate of drug-likeness (QED) is 0.845. The molecule has 2 aromatic rings. The minimum atomic E-state index is 0.908.